The molecule has 0 heterocycles. The van der Waals surface area contributed by atoms with Gasteiger partial charge in [0.15, 0.2) is 0 Å². The van der Waals surface area contributed by atoms with Crippen molar-refractivity contribution in [2.75, 3.05) is 0 Å². The summed E-state index contributed by atoms with van der Waals surface area (Å²) in [5.41, 5.74) is 2.68. The largest absolute Gasteiger partial charge is 0.487 e. The summed E-state index contributed by atoms with van der Waals surface area (Å²) >= 11 is 10.6. The van der Waals surface area contributed by atoms with Gasteiger partial charge in [0.2, 0.25) is 0 Å². The normalized spacial score (nSPS) is 11.0. The maximum Gasteiger partial charge on any atom is 0.262 e. The van der Waals surface area contributed by atoms with E-state index in [1.54, 1.807) is 6.08 Å². The standard InChI is InChI=1S/C24H17ClI2N2O2/c25-20-9-5-4-8-18(20)15-31-23-21(26)11-17(12-22(23)27)10-19(13-28)24(30)29-14-16-6-2-1-3-7-16/h1-12H,14-15H2,(H,29,30)/b19-10-. The van der Waals surface area contributed by atoms with Crippen LogP contribution in [0.5, 0.6) is 5.75 Å². The number of benzene rings is 3. The van der Waals surface area contributed by atoms with Gasteiger partial charge in [-0.1, -0.05) is 60.1 Å². The van der Waals surface area contributed by atoms with Gasteiger partial charge in [0.05, 0.1) is 7.14 Å². The average molecular weight is 655 g/mol. The lowest BCUT2D eigenvalue weighted by atomic mass is 10.1. The third-order valence-electron chi connectivity index (χ3n) is 4.32. The van der Waals surface area contributed by atoms with Crippen molar-refractivity contribution >= 4 is 68.8 Å². The number of nitrogens with zero attached hydrogens (tertiary/aromatic N) is 1. The monoisotopic (exact) mass is 654 g/mol. The van der Waals surface area contributed by atoms with E-state index in [1.165, 1.54) is 0 Å². The van der Waals surface area contributed by atoms with E-state index in [-0.39, 0.29) is 5.57 Å². The number of halogens is 3. The minimum absolute atomic E-state index is 0.0484. The van der Waals surface area contributed by atoms with Gasteiger partial charge in [-0.2, -0.15) is 5.26 Å². The zero-order valence-electron chi connectivity index (χ0n) is 16.2. The molecular weight excluding hydrogens is 638 g/mol. The van der Waals surface area contributed by atoms with Crippen LogP contribution in [0.1, 0.15) is 16.7 Å². The molecular formula is C24H17ClI2N2O2. The molecule has 3 rings (SSSR count). The van der Waals surface area contributed by atoms with Crippen LogP contribution >= 0.6 is 56.8 Å². The summed E-state index contributed by atoms with van der Waals surface area (Å²) in [4.78, 5) is 12.4. The van der Waals surface area contributed by atoms with Crippen LogP contribution in [-0.2, 0) is 17.9 Å². The topological polar surface area (TPSA) is 62.1 Å². The van der Waals surface area contributed by atoms with E-state index in [2.05, 4.69) is 50.5 Å². The molecule has 0 radical (unpaired) electrons. The first-order chi connectivity index (χ1) is 15.0. The van der Waals surface area contributed by atoms with Gasteiger partial charge >= 0.3 is 0 Å². The SMILES string of the molecule is N#C/C(=C/c1cc(I)c(OCc2ccccc2Cl)c(I)c1)C(=O)NCc1ccccc1. The molecule has 4 nitrogen and oxygen atoms in total. The number of hydrogen-bond acceptors (Lipinski definition) is 3. The molecule has 0 saturated carbocycles. The molecule has 0 spiro atoms. The van der Waals surface area contributed by atoms with Crippen molar-refractivity contribution in [2.45, 2.75) is 13.2 Å². The molecule has 156 valence electrons. The molecule has 7 heteroatoms. The Labute approximate surface area is 213 Å². The van der Waals surface area contributed by atoms with Gasteiger partial charge in [-0.05, 0) is 80.6 Å². The molecule has 0 aliphatic rings. The molecule has 0 bridgehead atoms. The lowest BCUT2D eigenvalue weighted by Gasteiger charge is -2.12. The Balaban J connectivity index is 1.72. The second-order valence-corrected chi connectivity index (χ2v) is 9.26. The van der Waals surface area contributed by atoms with Crippen molar-refractivity contribution in [3.05, 3.63) is 101 Å². The fraction of sp³-hybridized carbons (Fsp3) is 0.0833. The van der Waals surface area contributed by atoms with Gasteiger partial charge in [-0.3, -0.25) is 4.79 Å². The first-order valence-electron chi connectivity index (χ1n) is 9.27. The Morgan fingerprint density at radius 3 is 2.35 bits per heavy atom. The molecule has 31 heavy (non-hydrogen) atoms. The Hall–Kier alpha value is -2.09. The quantitative estimate of drug-likeness (QED) is 0.184. The number of carbonyl (C=O) groups is 1. The van der Waals surface area contributed by atoms with E-state index < -0.39 is 5.91 Å². The van der Waals surface area contributed by atoms with Crippen LogP contribution in [0.4, 0.5) is 0 Å². The number of amides is 1. The van der Waals surface area contributed by atoms with Crippen LogP contribution in [0.15, 0.2) is 72.3 Å². The van der Waals surface area contributed by atoms with Crippen molar-refractivity contribution in [3.8, 4) is 11.8 Å². The number of hydrogen-bond donors (Lipinski definition) is 1. The lowest BCUT2D eigenvalue weighted by Crippen LogP contribution is -2.23. The Kier molecular flexibility index (Phi) is 8.75. The summed E-state index contributed by atoms with van der Waals surface area (Å²) in [5, 5.41) is 12.9. The predicted octanol–water partition coefficient (Wildman–Crippen LogP) is 6.35. The van der Waals surface area contributed by atoms with Crippen LogP contribution in [0.2, 0.25) is 5.02 Å². The van der Waals surface area contributed by atoms with E-state index >= 15 is 0 Å². The average Bonchev–Trinajstić information content (AvgIpc) is 2.77. The summed E-state index contributed by atoms with van der Waals surface area (Å²) in [6.45, 7) is 0.717. The third kappa shape index (κ3) is 6.69. The van der Waals surface area contributed by atoms with Gasteiger partial charge < -0.3 is 10.1 Å². The number of rotatable bonds is 7. The molecule has 1 N–H and O–H groups in total. The van der Waals surface area contributed by atoms with Gasteiger partial charge in [-0.25, -0.2) is 0 Å². The van der Waals surface area contributed by atoms with Crippen molar-refractivity contribution in [2.24, 2.45) is 0 Å². The minimum Gasteiger partial charge on any atom is -0.487 e. The van der Waals surface area contributed by atoms with Crippen molar-refractivity contribution in [3.63, 3.8) is 0 Å². The molecule has 0 fully saturated rings. The maximum atomic E-state index is 12.4. The van der Waals surface area contributed by atoms with E-state index in [0.29, 0.717) is 18.2 Å². The minimum atomic E-state index is -0.407. The van der Waals surface area contributed by atoms with Crippen LogP contribution in [0.25, 0.3) is 6.08 Å². The second-order valence-electron chi connectivity index (χ2n) is 6.53. The Bertz CT molecular complexity index is 1130. The fourth-order valence-corrected chi connectivity index (χ4v) is 5.07. The third-order valence-corrected chi connectivity index (χ3v) is 6.29. The number of ether oxygens (including phenoxy) is 1. The Morgan fingerprint density at radius 2 is 1.71 bits per heavy atom. The molecule has 3 aromatic carbocycles. The van der Waals surface area contributed by atoms with Gasteiger partial charge in [0.25, 0.3) is 5.91 Å². The van der Waals surface area contributed by atoms with Gasteiger partial charge in [0.1, 0.15) is 24.0 Å². The highest BCUT2D eigenvalue weighted by Gasteiger charge is 2.13. The predicted molar refractivity (Wildman–Crippen MR) is 140 cm³/mol. The second kappa shape index (κ2) is 11.5. The molecule has 0 unspecified atom stereocenters. The molecule has 1 amide bonds. The van der Waals surface area contributed by atoms with Gasteiger partial charge in [0, 0.05) is 17.1 Å². The van der Waals surface area contributed by atoms with Crippen LogP contribution in [-0.4, -0.2) is 5.91 Å². The molecule has 0 aromatic heterocycles. The molecule has 3 aromatic rings. The summed E-state index contributed by atoms with van der Waals surface area (Å²) in [5.74, 6) is 0.334. The first-order valence-corrected chi connectivity index (χ1v) is 11.8. The zero-order valence-corrected chi connectivity index (χ0v) is 21.3. The Morgan fingerprint density at radius 1 is 1.06 bits per heavy atom. The molecule has 0 atom stereocenters. The summed E-state index contributed by atoms with van der Waals surface area (Å²) in [7, 11) is 0. The zero-order chi connectivity index (χ0) is 22.2. The summed E-state index contributed by atoms with van der Waals surface area (Å²) < 4.78 is 7.75. The fourth-order valence-electron chi connectivity index (χ4n) is 2.75. The smallest absolute Gasteiger partial charge is 0.262 e. The molecule has 0 saturated heterocycles. The van der Waals surface area contributed by atoms with Crippen molar-refractivity contribution in [1.29, 1.82) is 5.26 Å². The highest BCUT2D eigenvalue weighted by Crippen LogP contribution is 2.31. The van der Waals surface area contributed by atoms with Crippen LogP contribution < -0.4 is 10.1 Å². The van der Waals surface area contributed by atoms with Gasteiger partial charge in [-0.15, -0.1) is 0 Å². The maximum absolute atomic E-state index is 12.4. The summed E-state index contributed by atoms with van der Waals surface area (Å²) in [6.07, 6.45) is 1.59. The van der Waals surface area contributed by atoms with E-state index in [9.17, 15) is 10.1 Å². The van der Waals surface area contributed by atoms with E-state index in [4.69, 9.17) is 16.3 Å². The molecule has 0 aliphatic carbocycles. The number of carbonyl (C=O) groups excluding carboxylic acids is 1. The lowest BCUT2D eigenvalue weighted by molar-refractivity contribution is -0.117. The van der Waals surface area contributed by atoms with E-state index in [0.717, 1.165) is 29.6 Å². The van der Waals surface area contributed by atoms with Crippen LogP contribution in [0, 0.1) is 18.5 Å². The summed E-state index contributed by atoms with van der Waals surface area (Å²) in [6, 6.07) is 22.9. The number of nitrogens with one attached hydrogen (secondary N) is 1. The first kappa shape index (κ1) is 23.6. The van der Waals surface area contributed by atoms with E-state index in [1.807, 2.05) is 72.8 Å². The highest BCUT2D eigenvalue weighted by molar-refractivity contribution is 14.1. The highest BCUT2D eigenvalue weighted by atomic mass is 127. The molecule has 0 aliphatic heterocycles. The van der Waals surface area contributed by atoms with Crippen molar-refractivity contribution < 1.29 is 9.53 Å². The van der Waals surface area contributed by atoms with Crippen LogP contribution in [0.3, 0.4) is 0 Å². The van der Waals surface area contributed by atoms with Crippen molar-refractivity contribution in [1.82, 2.24) is 5.32 Å². The number of nitriles is 1.